The molecule has 0 atom stereocenters. The van der Waals surface area contributed by atoms with Crippen LogP contribution >= 0.6 is 27.3 Å². The van der Waals surface area contributed by atoms with E-state index in [-0.39, 0.29) is 12.1 Å². The molecule has 0 unspecified atom stereocenters. The zero-order valence-electron chi connectivity index (χ0n) is 11.8. The summed E-state index contributed by atoms with van der Waals surface area (Å²) in [5.41, 5.74) is 1.06. The summed E-state index contributed by atoms with van der Waals surface area (Å²) in [4.78, 5) is 0. The van der Waals surface area contributed by atoms with Gasteiger partial charge in [-0.2, -0.15) is 0 Å². The summed E-state index contributed by atoms with van der Waals surface area (Å²) < 4.78 is 21.2. The summed E-state index contributed by atoms with van der Waals surface area (Å²) in [6, 6.07) is 6.27. The van der Waals surface area contributed by atoms with Crippen molar-refractivity contribution in [3.05, 3.63) is 33.6 Å². The molecule has 1 saturated heterocycles. The normalized spacial score (nSPS) is 18.2. The fourth-order valence-corrected chi connectivity index (χ4v) is 4.46. The van der Waals surface area contributed by atoms with Gasteiger partial charge in [-0.05, 0) is 51.2 Å². The SMILES string of the molecule is FCC1(CNCc2csc3c(Br)cccc23)CCOCC1. The van der Waals surface area contributed by atoms with Crippen molar-refractivity contribution < 1.29 is 9.13 Å². The van der Waals surface area contributed by atoms with E-state index in [2.05, 4.69) is 44.8 Å². The molecular weight excluding hydrogens is 353 g/mol. The number of ether oxygens (including phenoxy) is 1. The second kappa shape index (κ2) is 6.73. The first-order chi connectivity index (χ1) is 10.2. The van der Waals surface area contributed by atoms with Crippen molar-refractivity contribution in [3.63, 3.8) is 0 Å². The predicted molar refractivity (Wildman–Crippen MR) is 89.7 cm³/mol. The maximum atomic E-state index is 13.4. The molecule has 21 heavy (non-hydrogen) atoms. The van der Waals surface area contributed by atoms with Crippen LogP contribution in [-0.4, -0.2) is 26.4 Å². The Morgan fingerprint density at radius 2 is 2.14 bits per heavy atom. The van der Waals surface area contributed by atoms with E-state index in [4.69, 9.17) is 4.74 Å². The molecule has 2 heterocycles. The maximum absolute atomic E-state index is 13.4. The van der Waals surface area contributed by atoms with Gasteiger partial charge in [-0.25, -0.2) is 0 Å². The minimum absolute atomic E-state index is 0.231. The Morgan fingerprint density at radius 1 is 1.33 bits per heavy atom. The molecule has 114 valence electrons. The van der Waals surface area contributed by atoms with Crippen LogP contribution < -0.4 is 5.32 Å². The van der Waals surface area contributed by atoms with E-state index in [1.54, 1.807) is 11.3 Å². The van der Waals surface area contributed by atoms with Gasteiger partial charge in [-0.15, -0.1) is 11.3 Å². The van der Waals surface area contributed by atoms with E-state index in [9.17, 15) is 4.39 Å². The first-order valence-electron chi connectivity index (χ1n) is 7.23. The van der Waals surface area contributed by atoms with E-state index in [1.165, 1.54) is 15.6 Å². The highest BCUT2D eigenvalue weighted by Crippen LogP contribution is 2.33. The fourth-order valence-electron chi connectivity index (χ4n) is 2.84. The first-order valence-corrected chi connectivity index (χ1v) is 8.90. The number of thiophene rings is 1. The van der Waals surface area contributed by atoms with E-state index in [1.807, 2.05) is 0 Å². The Morgan fingerprint density at radius 3 is 2.90 bits per heavy atom. The lowest BCUT2D eigenvalue weighted by Crippen LogP contribution is -2.40. The van der Waals surface area contributed by atoms with Gasteiger partial charge in [0.05, 0.1) is 6.67 Å². The Bertz CT molecular complexity index is 609. The van der Waals surface area contributed by atoms with Crippen molar-refractivity contribution in [1.29, 1.82) is 0 Å². The number of nitrogens with one attached hydrogen (secondary N) is 1. The lowest BCUT2D eigenvalue weighted by Gasteiger charge is -2.34. The summed E-state index contributed by atoms with van der Waals surface area (Å²) in [5, 5.41) is 6.93. The lowest BCUT2D eigenvalue weighted by molar-refractivity contribution is 0.00218. The largest absolute Gasteiger partial charge is 0.381 e. The smallest absolute Gasteiger partial charge is 0.0964 e. The van der Waals surface area contributed by atoms with Gasteiger partial charge in [-0.3, -0.25) is 4.39 Å². The molecule has 3 rings (SSSR count). The summed E-state index contributed by atoms with van der Waals surface area (Å²) in [6.07, 6.45) is 1.62. The minimum atomic E-state index is -0.265. The molecule has 2 nitrogen and oxygen atoms in total. The summed E-state index contributed by atoms with van der Waals surface area (Å²) in [6.45, 7) is 2.61. The molecular formula is C16H19BrFNOS. The third-order valence-electron chi connectivity index (χ3n) is 4.28. The van der Waals surface area contributed by atoms with Gasteiger partial charge in [0.1, 0.15) is 0 Å². The predicted octanol–water partition coefficient (Wildman–Crippen LogP) is 4.52. The number of rotatable bonds is 5. The van der Waals surface area contributed by atoms with Crippen molar-refractivity contribution in [2.75, 3.05) is 26.4 Å². The monoisotopic (exact) mass is 371 g/mol. The van der Waals surface area contributed by atoms with Crippen LogP contribution in [0.1, 0.15) is 18.4 Å². The van der Waals surface area contributed by atoms with Crippen LogP contribution in [0.25, 0.3) is 10.1 Å². The number of hydrogen-bond acceptors (Lipinski definition) is 3. The zero-order valence-corrected chi connectivity index (χ0v) is 14.2. The van der Waals surface area contributed by atoms with Gasteiger partial charge < -0.3 is 10.1 Å². The Balaban J connectivity index is 1.65. The summed E-state index contributed by atoms with van der Waals surface area (Å²) in [7, 11) is 0. The van der Waals surface area contributed by atoms with Crippen LogP contribution in [0.2, 0.25) is 0 Å². The topological polar surface area (TPSA) is 21.3 Å². The Labute approximate surface area is 136 Å². The van der Waals surface area contributed by atoms with Crippen LogP contribution in [0.15, 0.2) is 28.1 Å². The third kappa shape index (κ3) is 3.31. The van der Waals surface area contributed by atoms with Crippen molar-refractivity contribution in [1.82, 2.24) is 5.32 Å². The summed E-state index contributed by atoms with van der Waals surface area (Å²) >= 11 is 5.34. The number of fused-ring (bicyclic) bond motifs is 1. The first kappa shape index (κ1) is 15.4. The fraction of sp³-hybridized carbons (Fsp3) is 0.500. The molecule has 1 aromatic carbocycles. The molecule has 5 heteroatoms. The average Bonchev–Trinajstić information content (AvgIpc) is 2.93. The standard InChI is InChI=1S/C16H19BrFNOS/c17-14-3-1-2-13-12(9-21-15(13)14)8-19-11-16(10-18)4-6-20-7-5-16/h1-3,9,19H,4-8,10-11H2. The van der Waals surface area contributed by atoms with Gasteiger partial charge in [0, 0.05) is 40.9 Å². The minimum Gasteiger partial charge on any atom is -0.381 e. The van der Waals surface area contributed by atoms with Gasteiger partial charge in [0.15, 0.2) is 0 Å². The molecule has 1 aliphatic heterocycles. The van der Waals surface area contributed by atoms with Crippen molar-refractivity contribution in [2.24, 2.45) is 5.41 Å². The van der Waals surface area contributed by atoms with E-state index >= 15 is 0 Å². The molecule has 1 fully saturated rings. The molecule has 0 aliphatic carbocycles. The number of benzene rings is 1. The number of alkyl halides is 1. The maximum Gasteiger partial charge on any atom is 0.0964 e. The third-order valence-corrected chi connectivity index (χ3v) is 6.29. The molecule has 0 spiro atoms. The van der Waals surface area contributed by atoms with E-state index in [0.29, 0.717) is 13.2 Å². The Kier molecular flexibility index (Phi) is 4.94. The van der Waals surface area contributed by atoms with Crippen LogP contribution in [0.5, 0.6) is 0 Å². The molecule has 1 aliphatic rings. The van der Waals surface area contributed by atoms with E-state index < -0.39 is 0 Å². The van der Waals surface area contributed by atoms with Crippen LogP contribution in [0, 0.1) is 5.41 Å². The summed E-state index contributed by atoms with van der Waals surface area (Å²) in [5.74, 6) is 0. The molecule has 2 aromatic rings. The van der Waals surface area contributed by atoms with Crippen molar-refractivity contribution in [2.45, 2.75) is 19.4 Å². The van der Waals surface area contributed by atoms with Crippen molar-refractivity contribution >= 4 is 37.4 Å². The second-order valence-corrected chi connectivity index (χ2v) is 7.46. The molecule has 1 N–H and O–H groups in total. The zero-order chi connectivity index (χ0) is 14.7. The van der Waals surface area contributed by atoms with Crippen LogP contribution in [0.3, 0.4) is 0 Å². The molecule has 0 saturated carbocycles. The lowest BCUT2D eigenvalue weighted by atomic mass is 9.81. The molecule has 1 aromatic heterocycles. The number of halogens is 2. The van der Waals surface area contributed by atoms with Gasteiger partial charge in [-0.1, -0.05) is 12.1 Å². The Hall–Kier alpha value is -0.490. The quantitative estimate of drug-likeness (QED) is 0.833. The average molecular weight is 372 g/mol. The highest BCUT2D eigenvalue weighted by Gasteiger charge is 2.32. The highest BCUT2D eigenvalue weighted by molar-refractivity contribution is 9.10. The van der Waals surface area contributed by atoms with Crippen molar-refractivity contribution in [3.8, 4) is 0 Å². The van der Waals surface area contributed by atoms with Crippen LogP contribution in [0.4, 0.5) is 4.39 Å². The molecule has 0 bridgehead atoms. The second-order valence-electron chi connectivity index (χ2n) is 5.73. The van der Waals surface area contributed by atoms with E-state index in [0.717, 1.165) is 30.4 Å². The van der Waals surface area contributed by atoms with Gasteiger partial charge >= 0.3 is 0 Å². The molecule has 0 amide bonds. The molecule has 0 radical (unpaired) electrons. The highest BCUT2D eigenvalue weighted by atomic mass is 79.9. The number of hydrogen-bond donors (Lipinski definition) is 1. The van der Waals surface area contributed by atoms with Crippen LogP contribution in [-0.2, 0) is 11.3 Å². The van der Waals surface area contributed by atoms with Gasteiger partial charge in [0.25, 0.3) is 0 Å². The van der Waals surface area contributed by atoms with Gasteiger partial charge in [0.2, 0.25) is 0 Å².